The van der Waals surface area contributed by atoms with E-state index in [2.05, 4.69) is 31.0 Å². The molecule has 4 nitrogen and oxygen atoms in total. The second kappa shape index (κ2) is 6.46. The van der Waals surface area contributed by atoms with E-state index >= 15 is 0 Å². The average Bonchev–Trinajstić information content (AvgIpc) is 2.40. The van der Waals surface area contributed by atoms with Crippen LogP contribution in [0, 0.1) is 5.92 Å². The van der Waals surface area contributed by atoms with Crippen molar-refractivity contribution in [2.45, 2.75) is 44.3 Å². The van der Waals surface area contributed by atoms with Crippen LogP contribution in [0.4, 0.5) is 0 Å². The monoisotopic (exact) mass is 310 g/mol. The molecule has 1 aromatic carbocycles. The van der Waals surface area contributed by atoms with E-state index in [1.165, 1.54) is 11.8 Å². The van der Waals surface area contributed by atoms with Gasteiger partial charge in [0.25, 0.3) is 0 Å². The maximum Gasteiger partial charge on any atom is 0.175 e. The number of nitrogens with one attached hydrogen (secondary N) is 1. The summed E-state index contributed by atoms with van der Waals surface area (Å²) >= 11 is 0. The van der Waals surface area contributed by atoms with Gasteiger partial charge in [0.15, 0.2) is 9.84 Å². The fraction of sp³-hybridized carbons (Fsp3) is 0.625. The topological polar surface area (TPSA) is 49.4 Å². The number of sulfone groups is 1. The highest BCUT2D eigenvalue weighted by molar-refractivity contribution is 7.90. The van der Waals surface area contributed by atoms with E-state index in [0.29, 0.717) is 22.9 Å². The maximum atomic E-state index is 11.5. The molecule has 1 aliphatic rings. The van der Waals surface area contributed by atoms with Crippen molar-refractivity contribution < 1.29 is 8.42 Å². The lowest BCUT2D eigenvalue weighted by molar-refractivity contribution is 0.116. The summed E-state index contributed by atoms with van der Waals surface area (Å²) in [5.74, 6) is 0.618. The smallest absolute Gasteiger partial charge is 0.175 e. The van der Waals surface area contributed by atoms with E-state index < -0.39 is 9.84 Å². The van der Waals surface area contributed by atoms with Crippen molar-refractivity contribution in [3.05, 3.63) is 29.8 Å². The molecule has 0 aliphatic carbocycles. The Bertz CT molecular complexity index is 566. The van der Waals surface area contributed by atoms with Crippen molar-refractivity contribution in [1.82, 2.24) is 10.2 Å². The predicted molar refractivity (Wildman–Crippen MR) is 86.1 cm³/mol. The van der Waals surface area contributed by atoms with Gasteiger partial charge < -0.3 is 5.32 Å². The van der Waals surface area contributed by atoms with Gasteiger partial charge in [0.1, 0.15) is 0 Å². The van der Waals surface area contributed by atoms with Gasteiger partial charge in [-0.2, -0.15) is 0 Å². The van der Waals surface area contributed by atoms with Gasteiger partial charge in [-0.3, -0.25) is 4.90 Å². The molecule has 1 heterocycles. The highest BCUT2D eigenvalue weighted by atomic mass is 32.2. The lowest BCUT2D eigenvalue weighted by atomic mass is 9.99. The number of rotatable bonds is 4. The highest BCUT2D eigenvalue weighted by Crippen LogP contribution is 2.17. The van der Waals surface area contributed by atoms with Crippen LogP contribution in [0.3, 0.4) is 0 Å². The zero-order valence-electron chi connectivity index (χ0n) is 13.3. The van der Waals surface area contributed by atoms with E-state index in [1.54, 1.807) is 12.1 Å². The lowest BCUT2D eigenvalue weighted by Gasteiger charge is -2.40. The van der Waals surface area contributed by atoms with Crippen LogP contribution in [0.1, 0.15) is 26.3 Å². The average molecular weight is 310 g/mol. The van der Waals surface area contributed by atoms with Gasteiger partial charge in [0.05, 0.1) is 4.90 Å². The molecule has 1 saturated heterocycles. The van der Waals surface area contributed by atoms with Crippen LogP contribution in [0.5, 0.6) is 0 Å². The SMILES string of the molecule is CC(C)C1CN(Cc2ccc(S(C)(=O)=O)cc2)C(C)CN1. The van der Waals surface area contributed by atoms with Gasteiger partial charge in [-0.05, 0) is 30.5 Å². The first kappa shape index (κ1) is 16.5. The summed E-state index contributed by atoms with van der Waals surface area (Å²) in [4.78, 5) is 2.86. The van der Waals surface area contributed by atoms with Gasteiger partial charge in [-0.1, -0.05) is 26.0 Å². The van der Waals surface area contributed by atoms with Crippen LogP contribution in [0.25, 0.3) is 0 Å². The first-order chi connectivity index (χ1) is 9.77. The molecule has 2 rings (SSSR count). The molecule has 0 bridgehead atoms. The molecule has 0 aromatic heterocycles. The fourth-order valence-corrected chi connectivity index (χ4v) is 3.32. The minimum Gasteiger partial charge on any atom is -0.311 e. The molecule has 0 amide bonds. The molecule has 1 N–H and O–H groups in total. The third-order valence-electron chi connectivity index (χ3n) is 4.27. The van der Waals surface area contributed by atoms with E-state index in [9.17, 15) is 8.42 Å². The normalized spacial score (nSPS) is 24.4. The molecule has 1 aromatic rings. The van der Waals surface area contributed by atoms with Gasteiger partial charge in [0.2, 0.25) is 0 Å². The van der Waals surface area contributed by atoms with Crippen LogP contribution in [0.15, 0.2) is 29.2 Å². The number of nitrogens with zero attached hydrogens (tertiary/aromatic N) is 1. The van der Waals surface area contributed by atoms with Crippen LogP contribution < -0.4 is 5.32 Å². The van der Waals surface area contributed by atoms with E-state index in [-0.39, 0.29) is 0 Å². The molecule has 0 radical (unpaired) electrons. The van der Waals surface area contributed by atoms with Crippen LogP contribution in [-0.4, -0.2) is 44.7 Å². The van der Waals surface area contributed by atoms with Crippen molar-refractivity contribution in [2.24, 2.45) is 5.92 Å². The largest absolute Gasteiger partial charge is 0.311 e. The third-order valence-corrected chi connectivity index (χ3v) is 5.40. The van der Waals surface area contributed by atoms with Crippen molar-refractivity contribution in [2.75, 3.05) is 19.3 Å². The Balaban J connectivity index is 2.06. The Morgan fingerprint density at radius 1 is 1.29 bits per heavy atom. The van der Waals surface area contributed by atoms with Crippen LogP contribution in [-0.2, 0) is 16.4 Å². The molecule has 5 heteroatoms. The van der Waals surface area contributed by atoms with E-state index in [1.807, 2.05) is 12.1 Å². The molecule has 118 valence electrons. The van der Waals surface area contributed by atoms with Gasteiger partial charge in [-0.15, -0.1) is 0 Å². The second-order valence-electron chi connectivity index (χ2n) is 6.45. The number of hydrogen-bond donors (Lipinski definition) is 1. The van der Waals surface area contributed by atoms with Crippen molar-refractivity contribution in [3.63, 3.8) is 0 Å². The number of piperazine rings is 1. The molecule has 1 fully saturated rings. The molecule has 2 unspecified atom stereocenters. The number of hydrogen-bond acceptors (Lipinski definition) is 4. The van der Waals surface area contributed by atoms with Gasteiger partial charge in [-0.25, -0.2) is 8.42 Å². The van der Waals surface area contributed by atoms with Crippen molar-refractivity contribution >= 4 is 9.84 Å². The Labute approximate surface area is 128 Å². The zero-order chi connectivity index (χ0) is 15.6. The molecule has 0 spiro atoms. The molecular weight excluding hydrogens is 284 g/mol. The van der Waals surface area contributed by atoms with Gasteiger partial charge in [0, 0.05) is 38.0 Å². The Morgan fingerprint density at radius 2 is 1.90 bits per heavy atom. The number of benzene rings is 1. The lowest BCUT2D eigenvalue weighted by Crippen LogP contribution is -2.56. The first-order valence-corrected chi connectivity index (χ1v) is 9.43. The highest BCUT2D eigenvalue weighted by Gasteiger charge is 2.26. The summed E-state index contributed by atoms with van der Waals surface area (Å²) in [6.07, 6.45) is 1.24. The maximum absolute atomic E-state index is 11.5. The minimum atomic E-state index is -3.11. The fourth-order valence-electron chi connectivity index (χ4n) is 2.69. The van der Waals surface area contributed by atoms with Crippen LogP contribution in [0.2, 0.25) is 0 Å². The molecular formula is C16H26N2O2S. The third kappa shape index (κ3) is 4.28. The summed E-state index contributed by atoms with van der Waals surface area (Å²) in [6, 6.07) is 8.28. The van der Waals surface area contributed by atoms with E-state index in [4.69, 9.17) is 0 Å². The van der Waals surface area contributed by atoms with E-state index in [0.717, 1.165) is 19.6 Å². The van der Waals surface area contributed by atoms with Crippen LogP contribution >= 0.6 is 0 Å². The Hall–Kier alpha value is -0.910. The standard InChI is InChI=1S/C16H26N2O2S/c1-12(2)16-11-18(13(3)9-17-16)10-14-5-7-15(8-6-14)21(4,19)20/h5-8,12-13,16-17H,9-11H2,1-4H3. The molecule has 1 aliphatic heterocycles. The second-order valence-corrected chi connectivity index (χ2v) is 8.47. The van der Waals surface area contributed by atoms with Crippen molar-refractivity contribution in [3.8, 4) is 0 Å². The van der Waals surface area contributed by atoms with Crippen molar-refractivity contribution in [1.29, 1.82) is 0 Å². The predicted octanol–water partition coefficient (Wildman–Crippen LogP) is 1.91. The summed E-state index contributed by atoms with van der Waals surface area (Å²) in [5, 5.41) is 3.59. The molecule has 0 saturated carbocycles. The first-order valence-electron chi connectivity index (χ1n) is 7.54. The summed E-state index contributed by atoms with van der Waals surface area (Å²) < 4.78 is 23.0. The summed E-state index contributed by atoms with van der Waals surface area (Å²) in [7, 11) is -3.11. The molecule has 2 atom stereocenters. The zero-order valence-corrected chi connectivity index (χ0v) is 14.2. The Morgan fingerprint density at radius 3 is 2.43 bits per heavy atom. The molecule has 21 heavy (non-hydrogen) atoms. The minimum absolute atomic E-state index is 0.389. The Kier molecular flexibility index (Phi) is 5.07. The summed E-state index contributed by atoms with van der Waals surface area (Å²) in [6.45, 7) is 9.63. The summed E-state index contributed by atoms with van der Waals surface area (Å²) in [5.41, 5.74) is 1.17. The quantitative estimate of drug-likeness (QED) is 0.923. The van der Waals surface area contributed by atoms with Gasteiger partial charge >= 0.3 is 0 Å².